The maximum atomic E-state index is 12.8. The zero-order valence-electron chi connectivity index (χ0n) is 17.1. The number of carbonyl (C=O) groups excluding carboxylic acids is 1. The summed E-state index contributed by atoms with van der Waals surface area (Å²) in [6.07, 6.45) is 3.55. The van der Waals surface area contributed by atoms with Gasteiger partial charge in [0.1, 0.15) is 5.75 Å². The van der Waals surface area contributed by atoms with Crippen LogP contribution >= 0.6 is 11.8 Å². The lowest BCUT2D eigenvalue weighted by Crippen LogP contribution is -2.23. The third-order valence-electron chi connectivity index (χ3n) is 4.53. The standard InChI is InChI=1S/C21H22N4O4S/c1-13-5-6-14(2)18(11-13)24-10-9-22-21(24)30-15(3)20(26)23-17-12-16(25(27)28)7-8-19(17)29-4/h5-12,15H,1-4H3,(H,23,26). The summed E-state index contributed by atoms with van der Waals surface area (Å²) < 4.78 is 7.16. The van der Waals surface area contributed by atoms with Gasteiger partial charge in [0, 0.05) is 24.5 Å². The van der Waals surface area contributed by atoms with Crippen LogP contribution in [0.2, 0.25) is 0 Å². The SMILES string of the molecule is COc1ccc([N+](=O)[O-])cc1NC(=O)C(C)Sc1nccn1-c1cc(C)ccc1C. The Morgan fingerprint density at radius 2 is 2.03 bits per heavy atom. The van der Waals surface area contributed by atoms with Gasteiger partial charge in [-0.1, -0.05) is 23.9 Å². The van der Waals surface area contributed by atoms with E-state index in [0.717, 1.165) is 16.8 Å². The van der Waals surface area contributed by atoms with E-state index in [9.17, 15) is 14.9 Å². The molecule has 0 aliphatic rings. The number of non-ortho nitro benzene ring substituents is 1. The van der Waals surface area contributed by atoms with Gasteiger partial charge in [-0.05, 0) is 44.0 Å². The number of nitro groups is 1. The Kier molecular flexibility index (Phi) is 6.41. The Labute approximate surface area is 178 Å². The molecule has 1 unspecified atom stereocenters. The quantitative estimate of drug-likeness (QED) is 0.339. The van der Waals surface area contributed by atoms with Gasteiger partial charge < -0.3 is 10.1 Å². The summed E-state index contributed by atoms with van der Waals surface area (Å²) in [6.45, 7) is 5.80. The highest BCUT2D eigenvalue weighted by Gasteiger charge is 2.21. The smallest absolute Gasteiger partial charge is 0.271 e. The average molecular weight is 426 g/mol. The fourth-order valence-electron chi connectivity index (χ4n) is 2.89. The summed E-state index contributed by atoms with van der Waals surface area (Å²) in [6, 6.07) is 10.2. The third-order valence-corrected chi connectivity index (χ3v) is 5.61. The minimum absolute atomic E-state index is 0.128. The van der Waals surface area contributed by atoms with Gasteiger partial charge in [-0.15, -0.1) is 0 Å². The van der Waals surface area contributed by atoms with E-state index in [2.05, 4.69) is 16.4 Å². The van der Waals surface area contributed by atoms with Crippen LogP contribution in [0.4, 0.5) is 11.4 Å². The number of nitro benzene ring substituents is 1. The molecule has 156 valence electrons. The Hall–Kier alpha value is -3.33. The molecule has 30 heavy (non-hydrogen) atoms. The maximum absolute atomic E-state index is 12.8. The van der Waals surface area contributed by atoms with Crippen molar-refractivity contribution in [1.82, 2.24) is 9.55 Å². The molecule has 1 atom stereocenters. The summed E-state index contributed by atoms with van der Waals surface area (Å²) in [5, 5.41) is 13.9. The molecule has 8 nitrogen and oxygen atoms in total. The maximum Gasteiger partial charge on any atom is 0.271 e. The normalized spacial score (nSPS) is 11.7. The van der Waals surface area contributed by atoms with E-state index in [-0.39, 0.29) is 17.3 Å². The molecular formula is C21H22N4O4S. The molecule has 0 aliphatic heterocycles. The van der Waals surface area contributed by atoms with E-state index >= 15 is 0 Å². The van der Waals surface area contributed by atoms with Crippen LogP contribution in [-0.2, 0) is 4.79 Å². The number of anilines is 1. The monoisotopic (exact) mass is 426 g/mol. The number of imidazole rings is 1. The number of thioether (sulfide) groups is 1. The molecule has 0 saturated heterocycles. The fraction of sp³-hybridized carbons (Fsp3) is 0.238. The first-order valence-electron chi connectivity index (χ1n) is 9.21. The Balaban J connectivity index is 1.80. The predicted molar refractivity (Wildman–Crippen MR) is 117 cm³/mol. The van der Waals surface area contributed by atoms with Gasteiger partial charge >= 0.3 is 0 Å². The number of rotatable bonds is 7. The van der Waals surface area contributed by atoms with Crippen LogP contribution < -0.4 is 10.1 Å². The minimum Gasteiger partial charge on any atom is -0.495 e. The summed E-state index contributed by atoms with van der Waals surface area (Å²) in [5.74, 6) is 0.0392. The highest BCUT2D eigenvalue weighted by atomic mass is 32.2. The predicted octanol–water partition coefficient (Wildman–Crippen LogP) is 4.53. The second-order valence-electron chi connectivity index (χ2n) is 6.76. The average Bonchev–Trinajstić information content (AvgIpc) is 3.17. The van der Waals surface area contributed by atoms with Gasteiger partial charge in [0.15, 0.2) is 5.16 Å². The van der Waals surface area contributed by atoms with E-state index in [0.29, 0.717) is 10.9 Å². The Morgan fingerprint density at radius 1 is 1.27 bits per heavy atom. The van der Waals surface area contributed by atoms with E-state index in [4.69, 9.17) is 4.74 Å². The van der Waals surface area contributed by atoms with Crippen LogP contribution in [0.1, 0.15) is 18.1 Å². The molecular weight excluding hydrogens is 404 g/mol. The molecule has 1 N–H and O–H groups in total. The molecule has 2 aromatic carbocycles. The first kappa shape index (κ1) is 21.4. The number of aromatic nitrogens is 2. The van der Waals surface area contributed by atoms with Crippen molar-refractivity contribution in [2.45, 2.75) is 31.2 Å². The van der Waals surface area contributed by atoms with Crippen LogP contribution in [0.15, 0.2) is 53.9 Å². The number of nitrogens with zero attached hydrogens (tertiary/aromatic N) is 3. The van der Waals surface area contributed by atoms with Crippen molar-refractivity contribution >= 4 is 29.0 Å². The van der Waals surface area contributed by atoms with Crippen molar-refractivity contribution in [2.75, 3.05) is 12.4 Å². The number of benzene rings is 2. The molecule has 0 spiro atoms. The topological polar surface area (TPSA) is 99.3 Å². The molecule has 1 heterocycles. The number of ether oxygens (including phenoxy) is 1. The number of aryl methyl sites for hydroxylation is 2. The molecule has 3 rings (SSSR count). The lowest BCUT2D eigenvalue weighted by Gasteiger charge is -2.15. The van der Waals surface area contributed by atoms with Crippen LogP contribution in [0, 0.1) is 24.0 Å². The van der Waals surface area contributed by atoms with Gasteiger partial charge in [0.05, 0.1) is 28.7 Å². The van der Waals surface area contributed by atoms with Crippen LogP contribution in [-0.4, -0.2) is 32.7 Å². The molecule has 9 heteroatoms. The second-order valence-corrected chi connectivity index (χ2v) is 8.07. The van der Waals surface area contributed by atoms with E-state index in [1.54, 1.807) is 13.1 Å². The third kappa shape index (κ3) is 4.62. The second kappa shape index (κ2) is 9.00. The lowest BCUT2D eigenvalue weighted by molar-refractivity contribution is -0.384. The van der Waals surface area contributed by atoms with Crippen molar-refractivity contribution in [3.63, 3.8) is 0 Å². The first-order valence-corrected chi connectivity index (χ1v) is 10.1. The van der Waals surface area contributed by atoms with E-state index < -0.39 is 10.2 Å². The van der Waals surface area contributed by atoms with Crippen molar-refractivity contribution in [2.24, 2.45) is 0 Å². The lowest BCUT2D eigenvalue weighted by atomic mass is 10.1. The summed E-state index contributed by atoms with van der Waals surface area (Å²) >= 11 is 1.30. The van der Waals surface area contributed by atoms with Gasteiger partial charge in [0.25, 0.3) is 5.69 Å². The number of nitrogens with one attached hydrogen (secondary N) is 1. The van der Waals surface area contributed by atoms with E-state index in [1.807, 2.05) is 36.7 Å². The van der Waals surface area contributed by atoms with Gasteiger partial charge in [0.2, 0.25) is 5.91 Å². The van der Waals surface area contributed by atoms with Gasteiger partial charge in [-0.2, -0.15) is 0 Å². The molecule has 1 amide bonds. The molecule has 3 aromatic rings. The summed E-state index contributed by atoms with van der Waals surface area (Å²) in [4.78, 5) is 27.7. The molecule has 0 aliphatic carbocycles. The van der Waals surface area contributed by atoms with Crippen molar-refractivity contribution in [3.05, 3.63) is 70.0 Å². The molecule has 0 bridgehead atoms. The molecule has 0 fully saturated rings. The van der Waals surface area contributed by atoms with Crippen LogP contribution in [0.25, 0.3) is 5.69 Å². The Morgan fingerprint density at radius 3 is 2.73 bits per heavy atom. The van der Waals surface area contributed by atoms with Gasteiger partial charge in [-0.25, -0.2) is 4.98 Å². The molecule has 0 radical (unpaired) electrons. The zero-order chi connectivity index (χ0) is 21.8. The van der Waals surface area contributed by atoms with Crippen molar-refractivity contribution in [1.29, 1.82) is 0 Å². The minimum atomic E-state index is -0.520. The Bertz CT molecular complexity index is 1100. The highest BCUT2D eigenvalue weighted by Crippen LogP contribution is 2.31. The van der Waals surface area contributed by atoms with Crippen molar-refractivity contribution in [3.8, 4) is 11.4 Å². The number of amides is 1. The number of hydrogen-bond donors (Lipinski definition) is 1. The van der Waals surface area contributed by atoms with Crippen LogP contribution in [0.3, 0.4) is 0 Å². The first-order chi connectivity index (χ1) is 14.3. The number of hydrogen-bond acceptors (Lipinski definition) is 6. The summed E-state index contributed by atoms with van der Waals surface area (Å²) in [7, 11) is 1.44. The fourth-order valence-corrected chi connectivity index (χ4v) is 3.77. The zero-order valence-corrected chi connectivity index (χ0v) is 17.9. The summed E-state index contributed by atoms with van der Waals surface area (Å²) in [5.41, 5.74) is 3.35. The van der Waals surface area contributed by atoms with Crippen LogP contribution in [0.5, 0.6) is 5.75 Å². The highest BCUT2D eigenvalue weighted by molar-refractivity contribution is 8.00. The largest absolute Gasteiger partial charge is 0.495 e. The molecule has 0 saturated carbocycles. The van der Waals surface area contributed by atoms with E-state index in [1.165, 1.54) is 37.1 Å². The molecule has 1 aromatic heterocycles. The van der Waals surface area contributed by atoms with Crippen molar-refractivity contribution < 1.29 is 14.5 Å². The number of carbonyl (C=O) groups is 1. The van der Waals surface area contributed by atoms with Gasteiger partial charge in [-0.3, -0.25) is 19.5 Å². The number of methoxy groups -OCH3 is 1.